The van der Waals surface area contributed by atoms with Crippen LogP contribution < -0.4 is 5.73 Å². The summed E-state index contributed by atoms with van der Waals surface area (Å²) in [6.07, 6.45) is 9.35. The largest absolute Gasteiger partial charge is 0.375 e. The molecule has 0 amide bonds. The summed E-state index contributed by atoms with van der Waals surface area (Å²) in [7, 11) is 0. The van der Waals surface area contributed by atoms with Gasteiger partial charge in [-0.2, -0.15) is 0 Å². The van der Waals surface area contributed by atoms with Crippen molar-refractivity contribution in [2.45, 2.75) is 89.4 Å². The zero-order chi connectivity index (χ0) is 14.6. The van der Waals surface area contributed by atoms with E-state index in [1.54, 1.807) is 0 Å². The Bertz CT molecular complexity index is 295. The lowest BCUT2D eigenvalue weighted by molar-refractivity contribution is -0.127. The molecular formula is C17H33NO2. The Hall–Kier alpha value is -0.120. The van der Waals surface area contributed by atoms with Crippen LogP contribution in [-0.4, -0.2) is 30.5 Å². The smallest absolute Gasteiger partial charge is 0.0829 e. The summed E-state index contributed by atoms with van der Waals surface area (Å²) >= 11 is 0. The van der Waals surface area contributed by atoms with Crippen LogP contribution in [0.15, 0.2) is 0 Å². The van der Waals surface area contributed by atoms with Crippen LogP contribution in [0.4, 0.5) is 0 Å². The summed E-state index contributed by atoms with van der Waals surface area (Å²) < 4.78 is 12.3. The van der Waals surface area contributed by atoms with Crippen molar-refractivity contribution in [1.82, 2.24) is 0 Å². The van der Waals surface area contributed by atoms with E-state index >= 15 is 0 Å². The molecule has 3 nitrogen and oxygen atoms in total. The molecule has 2 aliphatic rings. The fourth-order valence-electron chi connectivity index (χ4n) is 4.48. The maximum atomic E-state index is 6.71. The van der Waals surface area contributed by atoms with Crippen LogP contribution in [0.2, 0.25) is 0 Å². The number of hydrogen-bond acceptors (Lipinski definition) is 3. The third-order valence-corrected chi connectivity index (χ3v) is 5.79. The second-order valence-electron chi connectivity index (χ2n) is 6.72. The molecule has 0 aromatic rings. The van der Waals surface area contributed by atoms with E-state index in [9.17, 15) is 0 Å². The standard InChI is InChI=1S/C17H33NO2/c1-4-17(5-2,19-6-3)15(18)14-9-12-20-16(13-14)10-7-8-11-16/h14-15H,4-13,18H2,1-3H3. The van der Waals surface area contributed by atoms with Crippen molar-refractivity contribution in [2.24, 2.45) is 11.7 Å². The Morgan fingerprint density at radius 1 is 1.25 bits per heavy atom. The summed E-state index contributed by atoms with van der Waals surface area (Å²) in [6.45, 7) is 8.14. The molecular weight excluding hydrogens is 250 g/mol. The van der Waals surface area contributed by atoms with Gasteiger partial charge in [0.2, 0.25) is 0 Å². The van der Waals surface area contributed by atoms with E-state index in [-0.39, 0.29) is 17.2 Å². The number of rotatable bonds is 6. The van der Waals surface area contributed by atoms with Gasteiger partial charge < -0.3 is 15.2 Å². The van der Waals surface area contributed by atoms with Gasteiger partial charge in [-0.05, 0) is 51.4 Å². The van der Waals surface area contributed by atoms with E-state index in [1.807, 2.05) is 0 Å². The minimum absolute atomic E-state index is 0.138. The van der Waals surface area contributed by atoms with E-state index in [0.717, 1.165) is 38.9 Å². The van der Waals surface area contributed by atoms with Gasteiger partial charge in [0, 0.05) is 19.3 Å². The molecule has 2 unspecified atom stereocenters. The van der Waals surface area contributed by atoms with Gasteiger partial charge in [-0.1, -0.05) is 26.7 Å². The second-order valence-corrected chi connectivity index (χ2v) is 6.72. The Morgan fingerprint density at radius 2 is 1.90 bits per heavy atom. The summed E-state index contributed by atoms with van der Waals surface area (Å²) in [6, 6.07) is 0.138. The molecule has 2 fully saturated rings. The van der Waals surface area contributed by atoms with E-state index in [1.165, 1.54) is 25.7 Å². The van der Waals surface area contributed by atoms with Crippen LogP contribution in [-0.2, 0) is 9.47 Å². The van der Waals surface area contributed by atoms with Crippen LogP contribution in [0.5, 0.6) is 0 Å². The average Bonchev–Trinajstić information content (AvgIpc) is 2.92. The molecule has 2 atom stereocenters. The molecule has 2 rings (SSSR count). The fraction of sp³-hybridized carbons (Fsp3) is 1.00. The lowest BCUT2D eigenvalue weighted by Gasteiger charge is -2.46. The topological polar surface area (TPSA) is 44.5 Å². The molecule has 0 aromatic heterocycles. The summed E-state index contributed by atoms with van der Waals surface area (Å²) in [4.78, 5) is 0. The van der Waals surface area contributed by atoms with Crippen molar-refractivity contribution >= 4 is 0 Å². The van der Waals surface area contributed by atoms with Gasteiger partial charge in [0.05, 0.1) is 11.2 Å². The predicted molar refractivity (Wildman–Crippen MR) is 82.8 cm³/mol. The van der Waals surface area contributed by atoms with E-state index in [0.29, 0.717) is 5.92 Å². The Kier molecular flexibility index (Phi) is 5.49. The summed E-state index contributed by atoms with van der Waals surface area (Å²) in [5.74, 6) is 0.549. The van der Waals surface area contributed by atoms with Gasteiger partial charge >= 0.3 is 0 Å². The maximum Gasteiger partial charge on any atom is 0.0829 e. The first-order valence-electron chi connectivity index (χ1n) is 8.65. The van der Waals surface area contributed by atoms with Gasteiger partial charge in [-0.15, -0.1) is 0 Å². The first-order chi connectivity index (χ1) is 9.61. The van der Waals surface area contributed by atoms with Gasteiger partial charge in [-0.25, -0.2) is 0 Å². The highest BCUT2D eigenvalue weighted by atomic mass is 16.5. The first kappa shape index (κ1) is 16.3. The Balaban J connectivity index is 2.08. The number of nitrogens with two attached hydrogens (primary N) is 1. The molecule has 0 bridgehead atoms. The molecule has 1 aliphatic heterocycles. The number of ether oxygens (including phenoxy) is 2. The van der Waals surface area contributed by atoms with Crippen molar-refractivity contribution in [3.63, 3.8) is 0 Å². The first-order valence-corrected chi connectivity index (χ1v) is 8.65. The van der Waals surface area contributed by atoms with Gasteiger partial charge in [0.1, 0.15) is 0 Å². The average molecular weight is 283 g/mol. The fourth-order valence-corrected chi connectivity index (χ4v) is 4.48. The molecule has 20 heavy (non-hydrogen) atoms. The summed E-state index contributed by atoms with van der Waals surface area (Å²) in [5, 5.41) is 0. The highest BCUT2D eigenvalue weighted by Crippen LogP contribution is 2.44. The van der Waals surface area contributed by atoms with Crippen molar-refractivity contribution in [2.75, 3.05) is 13.2 Å². The third kappa shape index (κ3) is 3.05. The molecule has 118 valence electrons. The van der Waals surface area contributed by atoms with Gasteiger partial charge in [-0.3, -0.25) is 0 Å². The van der Waals surface area contributed by atoms with Crippen LogP contribution >= 0.6 is 0 Å². The van der Waals surface area contributed by atoms with Gasteiger partial charge in [0.15, 0.2) is 0 Å². The van der Waals surface area contributed by atoms with E-state index in [4.69, 9.17) is 15.2 Å². The Morgan fingerprint density at radius 3 is 2.45 bits per heavy atom. The monoisotopic (exact) mass is 283 g/mol. The van der Waals surface area contributed by atoms with Crippen LogP contribution in [0.3, 0.4) is 0 Å². The molecule has 1 heterocycles. The molecule has 1 saturated carbocycles. The maximum absolute atomic E-state index is 6.71. The van der Waals surface area contributed by atoms with Crippen molar-refractivity contribution < 1.29 is 9.47 Å². The van der Waals surface area contributed by atoms with E-state index < -0.39 is 0 Å². The van der Waals surface area contributed by atoms with Crippen molar-refractivity contribution in [3.05, 3.63) is 0 Å². The third-order valence-electron chi connectivity index (χ3n) is 5.79. The molecule has 3 heteroatoms. The SMILES string of the molecule is CCOC(CC)(CC)C(N)C1CCOC2(CCCC2)C1. The minimum Gasteiger partial charge on any atom is -0.375 e. The van der Waals surface area contributed by atoms with Crippen molar-refractivity contribution in [1.29, 1.82) is 0 Å². The molecule has 1 aliphatic carbocycles. The molecule has 1 saturated heterocycles. The molecule has 1 spiro atoms. The second kappa shape index (κ2) is 6.76. The normalized spacial score (nSPS) is 27.9. The number of hydrogen-bond donors (Lipinski definition) is 1. The Labute approximate surface area is 124 Å². The lowest BCUT2D eigenvalue weighted by Crippen LogP contribution is -2.56. The van der Waals surface area contributed by atoms with Crippen LogP contribution in [0.25, 0.3) is 0 Å². The zero-order valence-corrected chi connectivity index (χ0v) is 13.6. The predicted octanol–water partition coefficient (Wildman–Crippen LogP) is 3.65. The highest BCUT2D eigenvalue weighted by Gasteiger charge is 2.46. The van der Waals surface area contributed by atoms with Gasteiger partial charge in [0.25, 0.3) is 0 Å². The molecule has 2 N–H and O–H groups in total. The quantitative estimate of drug-likeness (QED) is 0.809. The molecule has 0 radical (unpaired) electrons. The van der Waals surface area contributed by atoms with Crippen LogP contribution in [0.1, 0.15) is 72.1 Å². The zero-order valence-electron chi connectivity index (χ0n) is 13.6. The van der Waals surface area contributed by atoms with Crippen molar-refractivity contribution in [3.8, 4) is 0 Å². The summed E-state index contributed by atoms with van der Waals surface area (Å²) in [5.41, 5.74) is 6.72. The van der Waals surface area contributed by atoms with Crippen LogP contribution in [0, 0.1) is 5.92 Å². The molecule has 0 aromatic carbocycles. The minimum atomic E-state index is -0.142. The lowest BCUT2D eigenvalue weighted by atomic mass is 9.73. The van der Waals surface area contributed by atoms with E-state index in [2.05, 4.69) is 20.8 Å². The highest BCUT2D eigenvalue weighted by molar-refractivity contribution is 4.99.